The van der Waals surface area contributed by atoms with E-state index in [1.165, 1.54) is 18.2 Å². The molecule has 0 aromatic heterocycles. The highest BCUT2D eigenvalue weighted by Gasteiger charge is 2.16. The van der Waals surface area contributed by atoms with Gasteiger partial charge in [0.2, 0.25) is 0 Å². The van der Waals surface area contributed by atoms with Gasteiger partial charge in [-0.3, -0.25) is 4.79 Å². The van der Waals surface area contributed by atoms with Crippen molar-refractivity contribution >= 4 is 5.91 Å². The molecule has 1 rings (SSSR count). The first kappa shape index (κ1) is 11.1. The molecule has 0 radical (unpaired) electrons. The standard InChI is InChI=1S/C11H13NO3/c1-3-7(2)12-11(15)10-8(13)5-4-6-9(10)14/h3-7,13-14H,1H2,2H3,(H,12,15). The molecule has 0 spiro atoms. The molecule has 1 atom stereocenters. The molecule has 1 aromatic rings. The number of phenols is 2. The Morgan fingerprint density at radius 1 is 1.47 bits per heavy atom. The first-order valence-electron chi connectivity index (χ1n) is 4.50. The average molecular weight is 207 g/mol. The van der Waals surface area contributed by atoms with Crippen molar-refractivity contribution in [1.82, 2.24) is 5.32 Å². The molecule has 4 nitrogen and oxygen atoms in total. The number of hydrogen-bond donors (Lipinski definition) is 3. The van der Waals surface area contributed by atoms with Crippen molar-refractivity contribution in [2.45, 2.75) is 13.0 Å². The summed E-state index contributed by atoms with van der Waals surface area (Å²) in [7, 11) is 0. The van der Waals surface area contributed by atoms with Gasteiger partial charge in [0.05, 0.1) is 0 Å². The van der Waals surface area contributed by atoms with Gasteiger partial charge in [0.1, 0.15) is 17.1 Å². The van der Waals surface area contributed by atoms with Crippen LogP contribution in [0.15, 0.2) is 30.9 Å². The molecule has 80 valence electrons. The molecule has 0 aliphatic carbocycles. The zero-order valence-electron chi connectivity index (χ0n) is 8.40. The Labute approximate surface area is 87.9 Å². The van der Waals surface area contributed by atoms with Gasteiger partial charge in [-0.1, -0.05) is 12.1 Å². The van der Waals surface area contributed by atoms with Crippen LogP contribution in [0.25, 0.3) is 0 Å². The highest BCUT2D eigenvalue weighted by Crippen LogP contribution is 2.25. The van der Waals surface area contributed by atoms with Crippen molar-refractivity contribution in [3.63, 3.8) is 0 Å². The Morgan fingerprint density at radius 2 is 2.00 bits per heavy atom. The van der Waals surface area contributed by atoms with E-state index in [2.05, 4.69) is 11.9 Å². The quantitative estimate of drug-likeness (QED) is 0.656. The fraction of sp³-hybridized carbons (Fsp3) is 0.182. The van der Waals surface area contributed by atoms with E-state index in [0.717, 1.165) is 0 Å². The van der Waals surface area contributed by atoms with E-state index >= 15 is 0 Å². The van der Waals surface area contributed by atoms with Crippen molar-refractivity contribution in [2.24, 2.45) is 0 Å². The molecule has 1 aromatic carbocycles. The minimum Gasteiger partial charge on any atom is -0.507 e. The molecular formula is C11H13NO3. The van der Waals surface area contributed by atoms with Gasteiger partial charge >= 0.3 is 0 Å². The van der Waals surface area contributed by atoms with E-state index in [-0.39, 0.29) is 23.1 Å². The van der Waals surface area contributed by atoms with Crippen LogP contribution >= 0.6 is 0 Å². The maximum absolute atomic E-state index is 11.6. The summed E-state index contributed by atoms with van der Waals surface area (Å²) in [4.78, 5) is 11.6. The first-order chi connectivity index (χ1) is 7.06. The molecule has 0 aliphatic rings. The molecule has 0 saturated carbocycles. The second-order valence-electron chi connectivity index (χ2n) is 3.17. The minimum absolute atomic E-state index is 0.119. The maximum Gasteiger partial charge on any atom is 0.259 e. The van der Waals surface area contributed by atoms with Crippen LogP contribution in [0.4, 0.5) is 0 Å². The van der Waals surface area contributed by atoms with Crippen LogP contribution in [0.5, 0.6) is 11.5 Å². The highest BCUT2D eigenvalue weighted by atomic mass is 16.3. The number of aromatic hydroxyl groups is 2. The van der Waals surface area contributed by atoms with Crippen LogP contribution in [0, 0.1) is 0 Å². The fourth-order valence-electron chi connectivity index (χ4n) is 1.10. The monoisotopic (exact) mass is 207 g/mol. The third kappa shape index (κ3) is 2.49. The summed E-state index contributed by atoms with van der Waals surface area (Å²) in [5.74, 6) is -1.02. The number of rotatable bonds is 3. The normalized spacial score (nSPS) is 11.8. The molecule has 0 aliphatic heterocycles. The van der Waals surface area contributed by atoms with Gasteiger partial charge in [-0.05, 0) is 19.1 Å². The smallest absolute Gasteiger partial charge is 0.259 e. The highest BCUT2D eigenvalue weighted by molar-refractivity contribution is 5.99. The number of phenolic OH excluding ortho intramolecular Hbond substituents is 2. The average Bonchev–Trinajstić information content (AvgIpc) is 2.17. The topological polar surface area (TPSA) is 69.6 Å². The summed E-state index contributed by atoms with van der Waals surface area (Å²) in [5.41, 5.74) is -0.119. The number of hydrogen-bond acceptors (Lipinski definition) is 3. The van der Waals surface area contributed by atoms with Crippen molar-refractivity contribution in [2.75, 3.05) is 0 Å². The Morgan fingerprint density at radius 3 is 2.47 bits per heavy atom. The maximum atomic E-state index is 11.6. The zero-order chi connectivity index (χ0) is 11.4. The predicted octanol–water partition coefficient (Wildman–Crippen LogP) is 1.40. The largest absolute Gasteiger partial charge is 0.507 e. The molecule has 4 heteroatoms. The molecule has 0 saturated heterocycles. The lowest BCUT2D eigenvalue weighted by Crippen LogP contribution is -2.30. The number of carbonyl (C=O) groups is 1. The van der Waals surface area contributed by atoms with Crippen LogP contribution in [0.3, 0.4) is 0 Å². The van der Waals surface area contributed by atoms with E-state index < -0.39 is 5.91 Å². The lowest BCUT2D eigenvalue weighted by Gasteiger charge is -2.11. The lowest BCUT2D eigenvalue weighted by atomic mass is 10.1. The van der Waals surface area contributed by atoms with Gasteiger partial charge < -0.3 is 15.5 Å². The summed E-state index contributed by atoms with van der Waals surface area (Å²) < 4.78 is 0. The van der Waals surface area contributed by atoms with Gasteiger partial charge in [0.15, 0.2) is 0 Å². The van der Waals surface area contributed by atoms with Crippen LogP contribution < -0.4 is 5.32 Å². The molecule has 0 fully saturated rings. The molecule has 3 N–H and O–H groups in total. The second-order valence-corrected chi connectivity index (χ2v) is 3.17. The van der Waals surface area contributed by atoms with Crippen LogP contribution in [-0.4, -0.2) is 22.2 Å². The second kappa shape index (κ2) is 4.50. The number of carbonyl (C=O) groups excluding carboxylic acids is 1. The Kier molecular flexibility index (Phi) is 3.33. The summed E-state index contributed by atoms with van der Waals surface area (Å²) in [6.07, 6.45) is 1.55. The Bertz CT molecular complexity index is 367. The first-order valence-corrected chi connectivity index (χ1v) is 4.50. The molecule has 15 heavy (non-hydrogen) atoms. The van der Waals surface area contributed by atoms with Gasteiger partial charge in [-0.15, -0.1) is 6.58 Å². The number of benzene rings is 1. The van der Waals surface area contributed by atoms with Crippen molar-refractivity contribution in [3.05, 3.63) is 36.4 Å². The van der Waals surface area contributed by atoms with Gasteiger partial charge in [-0.2, -0.15) is 0 Å². The fourth-order valence-corrected chi connectivity index (χ4v) is 1.10. The Hall–Kier alpha value is -1.97. The summed E-state index contributed by atoms with van der Waals surface area (Å²) in [6.45, 7) is 5.25. The van der Waals surface area contributed by atoms with Crippen molar-refractivity contribution in [1.29, 1.82) is 0 Å². The summed E-state index contributed by atoms with van der Waals surface area (Å²) in [6, 6.07) is 3.91. The molecule has 0 heterocycles. The molecule has 1 unspecified atom stereocenters. The number of amides is 1. The molecular weight excluding hydrogens is 194 g/mol. The predicted molar refractivity (Wildman–Crippen MR) is 56.9 cm³/mol. The molecule has 1 amide bonds. The third-order valence-electron chi connectivity index (χ3n) is 1.96. The Balaban J connectivity index is 2.96. The van der Waals surface area contributed by atoms with E-state index in [0.29, 0.717) is 0 Å². The van der Waals surface area contributed by atoms with E-state index in [1.54, 1.807) is 13.0 Å². The van der Waals surface area contributed by atoms with Gasteiger partial charge in [-0.25, -0.2) is 0 Å². The number of nitrogens with one attached hydrogen (secondary N) is 1. The van der Waals surface area contributed by atoms with Gasteiger partial charge in [0, 0.05) is 6.04 Å². The minimum atomic E-state index is -0.530. The zero-order valence-corrected chi connectivity index (χ0v) is 8.40. The third-order valence-corrected chi connectivity index (χ3v) is 1.96. The van der Waals surface area contributed by atoms with E-state index in [4.69, 9.17) is 0 Å². The SMILES string of the molecule is C=CC(C)NC(=O)c1c(O)cccc1O. The summed E-state index contributed by atoms with van der Waals surface area (Å²) in [5, 5.41) is 21.4. The van der Waals surface area contributed by atoms with Crippen LogP contribution in [-0.2, 0) is 0 Å². The molecule has 0 bridgehead atoms. The lowest BCUT2D eigenvalue weighted by molar-refractivity contribution is 0.0941. The summed E-state index contributed by atoms with van der Waals surface area (Å²) >= 11 is 0. The van der Waals surface area contributed by atoms with Crippen molar-refractivity contribution < 1.29 is 15.0 Å². The van der Waals surface area contributed by atoms with E-state index in [1.807, 2.05) is 0 Å². The van der Waals surface area contributed by atoms with Crippen LogP contribution in [0.1, 0.15) is 17.3 Å². The van der Waals surface area contributed by atoms with Gasteiger partial charge in [0.25, 0.3) is 5.91 Å². The van der Waals surface area contributed by atoms with E-state index in [9.17, 15) is 15.0 Å². The van der Waals surface area contributed by atoms with Crippen LogP contribution in [0.2, 0.25) is 0 Å². The van der Waals surface area contributed by atoms with Crippen molar-refractivity contribution in [3.8, 4) is 11.5 Å².